The summed E-state index contributed by atoms with van der Waals surface area (Å²) in [4.78, 5) is 46.4. The fourth-order valence-corrected chi connectivity index (χ4v) is 5.10. The number of rotatable bonds is 6. The molecule has 0 N–H and O–H groups in total. The smallest absolute Gasteiger partial charge is 0.278 e. The van der Waals surface area contributed by atoms with Gasteiger partial charge in [0.1, 0.15) is 12.0 Å². The van der Waals surface area contributed by atoms with Gasteiger partial charge in [-0.05, 0) is 43.7 Å². The first kappa shape index (κ1) is 24.3. The van der Waals surface area contributed by atoms with E-state index in [1.807, 2.05) is 32.0 Å². The first-order chi connectivity index (χ1) is 17.8. The summed E-state index contributed by atoms with van der Waals surface area (Å²) in [5.74, 6) is -1.62. The van der Waals surface area contributed by atoms with E-state index in [4.69, 9.17) is 14.3 Å². The second-order valence-electron chi connectivity index (χ2n) is 8.98. The number of para-hydroxylation sites is 1. The number of nitro benzene ring substituents is 1. The van der Waals surface area contributed by atoms with Gasteiger partial charge in [0.15, 0.2) is 17.6 Å². The predicted molar refractivity (Wildman–Crippen MR) is 135 cm³/mol. The second kappa shape index (κ2) is 9.21. The number of methoxy groups -OCH3 is 2. The molecular weight excluding hydrogens is 478 g/mol. The standard InChI is InChI=1S/C27H25N3O7/c1-15-10-11-19(16(2)12-15)28-26(31)23-24(18-13-21(35-3)22(36-4)14-20(18)30(33)34)29(37-25(23)27(28)32)17-8-6-5-7-9-17/h5-14,23-25H,1-4H3/t23-,24+,25-/m0/s1. The van der Waals surface area contributed by atoms with Crippen LogP contribution in [0.15, 0.2) is 60.7 Å². The van der Waals surface area contributed by atoms with Gasteiger partial charge in [-0.1, -0.05) is 35.9 Å². The second-order valence-corrected chi connectivity index (χ2v) is 8.98. The van der Waals surface area contributed by atoms with Gasteiger partial charge in [0, 0.05) is 0 Å². The maximum atomic E-state index is 13.9. The zero-order valence-electron chi connectivity index (χ0n) is 20.7. The molecule has 0 radical (unpaired) electrons. The maximum absolute atomic E-state index is 13.9. The third-order valence-electron chi connectivity index (χ3n) is 6.77. The Morgan fingerprint density at radius 1 is 0.919 bits per heavy atom. The molecule has 2 saturated heterocycles. The van der Waals surface area contributed by atoms with Crippen LogP contribution in [0.3, 0.4) is 0 Å². The third kappa shape index (κ3) is 3.86. The number of fused-ring (bicyclic) bond motifs is 1. The van der Waals surface area contributed by atoms with Crippen molar-refractivity contribution in [3.63, 3.8) is 0 Å². The number of hydrogen-bond donors (Lipinski definition) is 0. The fourth-order valence-electron chi connectivity index (χ4n) is 5.10. The van der Waals surface area contributed by atoms with Crippen LogP contribution in [0.4, 0.5) is 17.1 Å². The highest BCUT2D eigenvalue weighted by atomic mass is 16.7. The van der Waals surface area contributed by atoms with E-state index in [1.54, 1.807) is 30.3 Å². The van der Waals surface area contributed by atoms with Crippen LogP contribution in [0.1, 0.15) is 22.7 Å². The van der Waals surface area contributed by atoms with E-state index >= 15 is 0 Å². The van der Waals surface area contributed by atoms with E-state index in [9.17, 15) is 19.7 Å². The molecule has 190 valence electrons. The summed E-state index contributed by atoms with van der Waals surface area (Å²) < 4.78 is 10.7. The molecular formula is C27H25N3O7. The molecule has 3 aromatic carbocycles. The zero-order valence-corrected chi connectivity index (χ0v) is 20.7. The molecule has 0 saturated carbocycles. The molecule has 10 heteroatoms. The molecule has 0 aliphatic carbocycles. The number of nitro groups is 1. The maximum Gasteiger partial charge on any atom is 0.278 e. The number of benzene rings is 3. The number of amides is 2. The highest BCUT2D eigenvalue weighted by Crippen LogP contribution is 2.51. The Morgan fingerprint density at radius 2 is 1.59 bits per heavy atom. The van der Waals surface area contributed by atoms with Gasteiger partial charge in [-0.3, -0.25) is 24.5 Å². The quantitative estimate of drug-likeness (QED) is 0.278. The van der Waals surface area contributed by atoms with Gasteiger partial charge < -0.3 is 9.47 Å². The van der Waals surface area contributed by atoms with Crippen molar-refractivity contribution in [2.75, 3.05) is 24.2 Å². The normalized spacial score (nSPS) is 20.8. The van der Waals surface area contributed by atoms with E-state index in [0.29, 0.717) is 11.4 Å². The molecule has 0 unspecified atom stereocenters. The van der Waals surface area contributed by atoms with Crippen LogP contribution in [0.5, 0.6) is 11.5 Å². The number of anilines is 2. The van der Waals surface area contributed by atoms with Crippen LogP contribution in [-0.2, 0) is 14.4 Å². The third-order valence-corrected chi connectivity index (χ3v) is 6.77. The average Bonchev–Trinajstić information content (AvgIpc) is 3.39. The van der Waals surface area contributed by atoms with Crippen LogP contribution in [0.25, 0.3) is 0 Å². The van der Waals surface area contributed by atoms with Crippen molar-refractivity contribution in [3.8, 4) is 11.5 Å². The minimum Gasteiger partial charge on any atom is -0.493 e. The molecule has 10 nitrogen and oxygen atoms in total. The van der Waals surface area contributed by atoms with Crippen LogP contribution in [0, 0.1) is 29.9 Å². The number of nitrogens with zero attached hydrogens (tertiary/aromatic N) is 3. The first-order valence-corrected chi connectivity index (χ1v) is 11.6. The van der Waals surface area contributed by atoms with Crippen LogP contribution in [-0.4, -0.2) is 37.1 Å². The fraction of sp³-hybridized carbons (Fsp3) is 0.259. The Kier molecular flexibility index (Phi) is 6.04. The summed E-state index contributed by atoms with van der Waals surface area (Å²) in [5.41, 5.74) is 2.65. The topological polar surface area (TPSA) is 111 Å². The van der Waals surface area contributed by atoms with E-state index < -0.39 is 34.8 Å². The minimum absolute atomic E-state index is 0.169. The summed E-state index contributed by atoms with van der Waals surface area (Å²) in [6, 6.07) is 16.0. The molecule has 2 heterocycles. The average molecular weight is 504 g/mol. The van der Waals surface area contributed by atoms with Gasteiger partial charge in [0.2, 0.25) is 5.91 Å². The Labute approximate surface area is 213 Å². The molecule has 0 spiro atoms. The summed E-state index contributed by atoms with van der Waals surface area (Å²) in [5, 5.41) is 13.6. The number of ether oxygens (including phenoxy) is 2. The Morgan fingerprint density at radius 3 is 2.22 bits per heavy atom. The zero-order chi connectivity index (χ0) is 26.4. The molecule has 5 rings (SSSR count). The van der Waals surface area contributed by atoms with Crippen molar-refractivity contribution in [2.45, 2.75) is 26.0 Å². The molecule has 2 amide bonds. The van der Waals surface area contributed by atoms with E-state index in [0.717, 1.165) is 16.0 Å². The molecule has 3 aromatic rings. The van der Waals surface area contributed by atoms with Crippen molar-refractivity contribution >= 4 is 28.9 Å². The Balaban J connectivity index is 1.69. The number of carbonyl (C=O) groups excluding carboxylic acids is 2. The van der Waals surface area contributed by atoms with Gasteiger partial charge in [0.25, 0.3) is 11.6 Å². The molecule has 37 heavy (non-hydrogen) atoms. The van der Waals surface area contributed by atoms with Crippen molar-refractivity contribution < 1.29 is 28.8 Å². The number of aryl methyl sites for hydroxylation is 2. The summed E-state index contributed by atoms with van der Waals surface area (Å²) in [6.45, 7) is 3.75. The van der Waals surface area contributed by atoms with Gasteiger partial charge in [-0.25, -0.2) is 9.96 Å². The number of carbonyl (C=O) groups is 2. The molecule has 2 aliphatic heterocycles. The van der Waals surface area contributed by atoms with Gasteiger partial charge in [-0.2, -0.15) is 0 Å². The lowest BCUT2D eigenvalue weighted by molar-refractivity contribution is -0.385. The number of hydrogen-bond acceptors (Lipinski definition) is 8. The summed E-state index contributed by atoms with van der Waals surface area (Å²) in [6.07, 6.45) is -1.16. The van der Waals surface area contributed by atoms with Gasteiger partial charge in [0.05, 0.1) is 42.1 Å². The van der Waals surface area contributed by atoms with Gasteiger partial charge >= 0.3 is 0 Å². The van der Waals surface area contributed by atoms with E-state index in [-0.39, 0.29) is 22.7 Å². The molecule has 2 aliphatic rings. The lowest BCUT2D eigenvalue weighted by Crippen LogP contribution is -2.38. The monoisotopic (exact) mass is 503 g/mol. The van der Waals surface area contributed by atoms with Crippen molar-refractivity contribution in [2.24, 2.45) is 5.92 Å². The van der Waals surface area contributed by atoms with Crippen molar-refractivity contribution in [1.29, 1.82) is 0 Å². The lowest BCUT2D eigenvalue weighted by atomic mass is 9.89. The van der Waals surface area contributed by atoms with Gasteiger partial charge in [-0.15, -0.1) is 0 Å². The van der Waals surface area contributed by atoms with Crippen LogP contribution in [0.2, 0.25) is 0 Å². The highest BCUT2D eigenvalue weighted by Gasteiger charge is 2.61. The predicted octanol–water partition coefficient (Wildman–Crippen LogP) is 4.28. The van der Waals surface area contributed by atoms with Crippen LogP contribution >= 0.6 is 0 Å². The summed E-state index contributed by atoms with van der Waals surface area (Å²) >= 11 is 0. The molecule has 0 bridgehead atoms. The minimum atomic E-state index is -1.16. The molecule has 3 atom stereocenters. The number of imide groups is 1. The van der Waals surface area contributed by atoms with Crippen molar-refractivity contribution in [3.05, 3.63) is 87.5 Å². The van der Waals surface area contributed by atoms with E-state index in [1.165, 1.54) is 31.4 Å². The number of hydroxylamine groups is 1. The Bertz CT molecular complexity index is 1410. The van der Waals surface area contributed by atoms with E-state index in [2.05, 4.69) is 0 Å². The largest absolute Gasteiger partial charge is 0.493 e. The lowest BCUT2D eigenvalue weighted by Gasteiger charge is -2.29. The first-order valence-electron chi connectivity index (χ1n) is 11.6. The van der Waals surface area contributed by atoms with Crippen molar-refractivity contribution in [1.82, 2.24) is 0 Å². The SMILES string of the molecule is COc1cc([C@@H]2[C@@H]3C(=O)N(c4ccc(C)cc4C)C(=O)[C@H]3ON2c2ccccc2)c([N+](=O)[O-])cc1OC. The molecule has 0 aromatic heterocycles. The Hall–Kier alpha value is -4.44. The highest BCUT2D eigenvalue weighted by molar-refractivity contribution is 6.24. The summed E-state index contributed by atoms with van der Waals surface area (Å²) in [7, 11) is 2.80. The molecule has 2 fully saturated rings. The van der Waals surface area contributed by atoms with Crippen LogP contribution < -0.4 is 19.4 Å².